The maximum atomic E-state index is 12.0. The van der Waals surface area contributed by atoms with Crippen LogP contribution in [0.15, 0.2) is 30.3 Å². The average molecular weight is 277 g/mol. The molecule has 1 aromatic rings. The molecular formula is C16H27N3O. The quantitative estimate of drug-likeness (QED) is 0.798. The Hall–Kier alpha value is -1.39. The van der Waals surface area contributed by atoms with E-state index in [1.807, 2.05) is 32.3 Å². The third kappa shape index (κ3) is 5.31. The molecule has 4 nitrogen and oxygen atoms in total. The highest BCUT2D eigenvalue weighted by molar-refractivity contribution is 5.81. The molecule has 0 spiro atoms. The average Bonchev–Trinajstić information content (AvgIpc) is 2.38. The normalized spacial score (nSPS) is 14.3. The van der Waals surface area contributed by atoms with Gasteiger partial charge in [0.1, 0.15) is 0 Å². The number of nitrogens with two attached hydrogens (primary N) is 1. The second-order valence-electron chi connectivity index (χ2n) is 5.87. The minimum absolute atomic E-state index is 0.0681. The van der Waals surface area contributed by atoms with Crippen LogP contribution >= 0.6 is 0 Å². The second-order valence-corrected chi connectivity index (χ2v) is 5.87. The first-order chi connectivity index (χ1) is 9.41. The van der Waals surface area contributed by atoms with E-state index in [1.54, 1.807) is 0 Å². The van der Waals surface area contributed by atoms with Crippen LogP contribution in [-0.2, 0) is 4.79 Å². The molecule has 0 saturated heterocycles. The predicted octanol–water partition coefficient (Wildman–Crippen LogP) is 1.78. The number of amides is 1. The molecule has 1 rings (SSSR count). The van der Waals surface area contributed by atoms with E-state index in [0.29, 0.717) is 18.9 Å². The summed E-state index contributed by atoms with van der Waals surface area (Å²) in [4.78, 5) is 14.1. The summed E-state index contributed by atoms with van der Waals surface area (Å²) in [6.07, 6.45) is 0.712. The maximum absolute atomic E-state index is 12.0. The number of nitrogens with zero attached hydrogens (tertiary/aromatic N) is 1. The van der Waals surface area contributed by atoms with Crippen LogP contribution in [0.5, 0.6) is 0 Å². The van der Waals surface area contributed by atoms with Crippen molar-refractivity contribution in [2.75, 3.05) is 20.6 Å². The van der Waals surface area contributed by atoms with Crippen molar-refractivity contribution in [1.29, 1.82) is 0 Å². The molecule has 3 N–H and O–H groups in total. The van der Waals surface area contributed by atoms with Gasteiger partial charge in [-0.15, -0.1) is 0 Å². The lowest BCUT2D eigenvalue weighted by Gasteiger charge is -2.26. The monoisotopic (exact) mass is 277 g/mol. The first-order valence-electron chi connectivity index (χ1n) is 7.16. The SMILES string of the molecule is CC(C)C[C@@H](N)C(=O)NCC(c1ccccc1)N(C)C. The van der Waals surface area contributed by atoms with E-state index >= 15 is 0 Å². The van der Waals surface area contributed by atoms with Crippen molar-refractivity contribution >= 4 is 5.91 Å². The first kappa shape index (κ1) is 16.7. The minimum atomic E-state index is -0.423. The van der Waals surface area contributed by atoms with E-state index in [1.165, 1.54) is 5.56 Å². The lowest BCUT2D eigenvalue weighted by Crippen LogP contribution is -2.44. The Balaban J connectivity index is 2.58. The van der Waals surface area contributed by atoms with Crippen molar-refractivity contribution in [3.63, 3.8) is 0 Å². The van der Waals surface area contributed by atoms with E-state index in [2.05, 4.69) is 36.2 Å². The molecular weight excluding hydrogens is 250 g/mol. The molecule has 0 bridgehead atoms. The van der Waals surface area contributed by atoms with Gasteiger partial charge in [0.05, 0.1) is 12.1 Å². The molecule has 0 aliphatic heterocycles. The number of nitrogens with one attached hydrogen (secondary N) is 1. The summed E-state index contributed by atoms with van der Waals surface area (Å²) in [5.41, 5.74) is 7.08. The van der Waals surface area contributed by atoms with Crippen molar-refractivity contribution in [2.24, 2.45) is 11.7 Å². The number of carbonyl (C=O) groups excluding carboxylic acids is 1. The van der Waals surface area contributed by atoms with Crippen LogP contribution in [0, 0.1) is 5.92 Å². The number of benzene rings is 1. The van der Waals surface area contributed by atoms with Crippen molar-refractivity contribution in [3.8, 4) is 0 Å². The number of hydrogen-bond acceptors (Lipinski definition) is 3. The summed E-state index contributed by atoms with van der Waals surface area (Å²) < 4.78 is 0. The summed E-state index contributed by atoms with van der Waals surface area (Å²) in [6, 6.07) is 9.90. The Labute approximate surface area is 122 Å². The van der Waals surface area contributed by atoms with Gasteiger partial charge in [0.15, 0.2) is 0 Å². The van der Waals surface area contributed by atoms with E-state index in [9.17, 15) is 4.79 Å². The molecule has 0 aliphatic rings. The molecule has 2 atom stereocenters. The van der Waals surface area contributed by atoms with Gasteiger partial charge in [-0.05, 0) is 32.0 Å². The lowest BCUT2D eigenvalue weighted by molar-refractivity contribution is -0.122. The topological polar surface area (TPSA) is 58.4 Å². The molecule has 0 aromatic heterocycles. The third-order valence-corrected chi connectivity index (χ3v) is 3.34. The van der Waals surface area contributed by atoms with Gasteiger partial charge in [-0.3, -0.25) is 4.79 Å². The highest BCUT2D eigenvalue weighted by Crippen LogP contribution is 2.16. The molecule has 0 radical (unpaired) electrons. The molecule has 0 heterocycles. The fraction of sp³-hybridized carbons (Fsp3) is 0.562. The van der Waals surface area contributed by atoms with Crippen LogP contribution in [0.4, 0.5) is 0 Å². The number of carbonyl (C=O) groups is 1. The molecule has 4 heteroatoms. The molecule has 20 heavy (non-hydrogen) atoms. The lowest BCUT2D eigenvalue weighted by atomic mass is 10.0. The van der Waals surface area contributed by atoms with Crippen LogP contribution in [0.25, 0.3) is 0 Å². The van der Waals surface area contributed by atoms with Crippen LogP contribution in [-0.4, -0.2) is 37.5 Å². The van der Waals surface area contributed by atoms with Crippen LogP contribution in [0.2, 0.25) is 0 Å². The molecule has 0 saturated carbocycles. The zero-order valence-electron chi connectivity index (χ0n) is 13.0. The van der Waals surface area contributed by atoms with Gasteiger partial charge in [-0.25, -0.2) is 0 Å². The van der Waals surface area contributed by atoms with E-state index in [-0.39, 0.29) is 11.9 Å². The van der Waals surface area contributed by atoms with Crippen LogP contribution < -0.4 is 11.1 Å². The van der Waals surface area contributed by atoms with E-state index in [0.717, 1.165) is 0 Å². The second kappa shape index (κ2) is 8.02. The van der Waals surface area contributed by atoms with Crippen LogP contribution in [0.1, 0.15) is 31.9 Å². The Morgan fingerprint density at radius 1 is 1.25 bits per heavy atom. The maximum Gasteiger partial charge on any atom is 0.236 e. The van der Waals surface area contributed by atoms with Crippen LogP contribution in [0.3, 0.4) is 0 Å². The predicted molar refractivity (Wildman–Crippen MR) is 83.3 cm³/mol. The van der Waals surface area contributed by atoms with Gasteiger partial charge in [0.2, 0.25) is 5.91 Å². The zero-order chi connectivity index (χ0) is 15.1. The van der Waals surface area contributed by atoms with Gasteiger partial charge in [-0.2, -0.15) is 0 Å². The highest BCUT2D eigenvalue weighted by atomic mass is 16.2. The Morgan fingerprint density at radius 3 is 2.35 bits per heavy atom. The van der Waals surface area contributed by atoms with E-state index < -0.39 is 6.04 Å². The number of likely N-dealkylation sites (N-methyl/N-ethyl adjacent to an activating group) is 1. The fourth-order valence-electron chi connectivity index (χ4n) is 2.22. The Morgan fingerprint density at radius 2 is 1.85 bits per heavy atom. The third-order valence-electron chi connectivity index (χ3n) is 3.34. The number of rotatable bonds is 7. The summed E-state index contributed by atoms with van der Waals surface area (Å²) in [5, 5.41) is 2.96. The first-order valence-corrected chi connectivity index (χ1v) is 7.16. The van der Waals surface area contributed by atoms with Crippen molar-refractivity contribution in [2.45, 2.75) is 32.4 Å². The fourth-order valence-corrected chi connectivity index (χ4v) is 2.22. The Kier molecular flexibility index (Phi) is 6.68. The molecule has 1 aromatic carbocycles. The summed E-state index contributed by atoms with van der Waals surface area (Å²) in [5.74, 6) is 0.357. The van der Waals surface area contributed by atoms with Crippen molar-refractivity contribution < 1.29 is 4.79 Å². The Bertz CT molecular complexity index is 403. The number of hydrogen-bond donors (Lipinski definition) is 2. The molecule has 1 amide bonds. The van der Waals surface area contributed by atoms with Crippen molar-refractivity contribution in [1.82, 2.24) is 10.2 Å². The van der Waals surface area contributed by atoms with Gasteiger partial charge in [-0.1, -0.05) is 44.2 Å². The summed E-state index contributed by atoms with van der Waals surface area (Å²) in [7, 11) is 4.02. The minimum Gasteiger partial charge on any atom is -0.353 e. The highest BCUT2D eigenvalue weighted by Gasteiger charge is 2.18. The molecule has 0 aliphatic carbocycles. The standard InChI is InChI=1S/C16H27N3O/c1-12(2)10-14(17)16(20)18-11-15(19(3)4)13-8-6-5-7-9-13/h5-9,12,14-15H,10-11,17H2,1-4H3,(H,18,20)/t14-,15?/m1/s1. The van der Waals surface area contributed by atoms with E-state index in [4.69, 9.17) is 5.73 Å². The zero-order valence-corrected chi connectivity index (χ0v) is 13.0. The largest absolute Gasteiger partial charge is 0.353 e. The summed E-state index contributed by atoms with van der Waals surface area (Å²) in [6.45, 7) is 4.71. The van der Waals surface area contributed by atoms with Crippen molar-refractivity contribution in [3.05, 3.63) is 35.9 Å². The molecule has 112 valence electrons. The van der Waals surface area contributed by atoms with Gasteiger partial charge >= 0.3 is 0 Å². The molecule has 0 fully saturated rings. The van der Waals surface area contributed by atoms with Gasteiger partial charge in [0, 0.05) is 6.54 Å². The van der Waals surface area contributed by atoms with Gasteiger partial charge in [0.25, 0.3) is 0 Å². The van der Waals surface area contributed by atoms with Gasteiger partial charge < -0.3 is 16.0 Å². The molecule has 1 unspecified atom stereocenters. The summed E-state index contributed by atoms with van der Waals surface area (Å²) >= 11 is 0. The smallest absolute Gasteiger partial charge is 0.236 e.